The molecule has 0 fully saturated rings. The lowest BCUT2D eigenvalue weighted by Crippen LogP contribution is -2.49. The van der Waals surface area contributed by atoms with Crippen LogP contribution in [0.3, 0.4) is 0 Å². The number of halogens is 3. The number of hydrogen-bond donors (Lipinski definition) is 2. The molecule has 0 aromatic heterocycles. The number of nitrogens with one attached hydrogen (secondary N) is 2. The van der Waals surface area contributed by atoms with Crippen molar-refractivity contribution in [2.24, 2.45) is 0 Å². The van der Waals surface area contributed by atoms with E-state index in [1.54, 1.807) is 51.1 Å². The third-order valence-electron chi connectivity index (χ3n) is 2.73. The minimum Gasteiger partial charge on any atom is -0.444 e. The van der Waals surface area contributed by atoms with E-state index in [0.29, 0.717) is 0 Å². The summed E-state index contributed by atoms with van der Waals surface area (Å²) in [7, 11) is 0. The second kappa shape index (κ2) is 8.98. The summed E-state index contributed by atoms with van der Waals surface area (Å²) in [6.45, 7) is 4.98. The lowest BCUT2D eigenvalue weighted by atomic mass is 10.2. The van der Waals surface area contributed by atoms with Gasteiger partial charge in [0.1, 0.15) is 11.6 Å². The van der Waals surface area contributed by atoms with Crippen LogP contribution in [-0.2, 0) is 16.1 Å². The van der Waals surface area contributed by atoms with Crippen molar-refractivity contribution in [3.63, 3.8) is 0 Å². The van der Waals surface area contributed by atoms with Gasteiger partial charge in [0.25, 0.3) is 0 Å². The number of alkyl carbamates (subject to hydrolysis) is 1. The van der Waals surface area contributed by atoms with E-state index in [1.807, 2.05) is 0 Å². The molecule has 1 rings (SSSR count). The summed E-state index contributed by atoms with van der Waals surface area (Å²) in [6, 6.07) is 7.51. The molecule has 2 amide bonds. The molecule has 1 aromatic carbocycles. The summed E-state index contributed by atoms with van der Waals surface area (Å²) in [4.78, 5) is 23.9. The highest BCUT2D eigenvalue weighted by atomic mass is 32.2. The molecule has 0 spiro atoms. The average Bonchev–Trinajstić information content (AvgIpc) is 2.47. The largest absolute Gasteiger partial charge is 0.444 e. The Morgan fingerprint density at radius 2 is 1.76 bits per heavy atom. The van der Waals surface area contributed by atoms with Gasteiger partial charge in [0.15, 0.2) is 0 Å². The Bertz CT molecular complexity index is 574. The molecule has 0 aliphatic carbocycles. The van der Waals surface area contributed by atoms with E-state index in [0.717, 1.165) is 5.56 Å². The number of alkyl halides is 3. The van der Waals surface area contributed by atoms with Gasteiger partial charge < -0.3 is 15.4 Å². The molecule has 0 aliphatic heterocycles. The number of carbonyl (C=O) groups excluding carboxylic acids is 2. The molecule has 140 valence electrons. The third-order valence-corrected chi connectivity index (χ3v) is 3.56. The van der Waals surface area contributed by atoms with Crippen molar-refractivity contribution < 1.29 is 27.5 Å². The molecular weight excluding hydrogens is 357 g/mol. The van der Waals surface area contributed by atoms with Gasteiger partial charge in [-0.3, -0.25) is 4.79 Å². The Balaban J connectivity index is 2.68. The third kappa shape index (κ3) is 9.85. The second-order valence-corrected chi connectivity index (χ2v) is 7.24. The summed E-state index contributed by atoms with van der Waals surface area (Å²) in [5.41, 5.74) is -4.55. The molecule has 9 heteroatoms. The van der Waals surface area contributed by atoms with Crippen LogP contribution in [0.1, 0.15) is 26.3 Å². The van der Waals surface area contributed by atoms with Crippen molar-refractivity contribution in [3.8, 4) is 0 Å². The molecule has 0 heterocycles. The minimum atomic E-state index is -4.51. The number of ether oxygens (including phenoxy) is 1. The minimum absolute atomic E-state index is 0.142. The van der Waals surface area contributed by atoms with Crippen molar-refractivity contribution in [3.05, 3.63) is 35.9 Å². The van der Waals surface area contributed by atoms with Gasteiger partial charge in [-0.15, -0.1) is 0 Å². The van der Waals surface area contributed by atoms with Crippen molar-refractivity contribution in [2.75, 3.05) is 5.75 Å². The molecule has 0 bridgehead atoms. The zero-order valence-corrected chi connectivity index (χ0v) is 15.0. The van der Waals surface area contributed by atoms with Crippen LogP contribution in [0.4, 0.5) is 18.0 Å². The molecule has 0 saturated carbocycles. The Morgan fingerprint density at radius 3 is 2.28 bits per heavy atom. The van der Waals surface area contributed by atoms with E-state index in [1.165, 1.54) is 0 Å². The van der Waals surface area contributed by atoms with Crippen LogP contribution >= 0.6 is 11.8 Å². The van der Waals surface area contributed by atoms with Gasteiger partial charge in [-0.1, -0.05) is 30.3 Å². The molecule has 0 radical (unpaired) electrons. The van der Waals surface area contributed by atoms with Gasteiger partial charge in [-0.05, 0) is 38.1 Å². The summed E-state index contributed by atoms with van der Waals surface area (Å²) < 4.78 is 42.3. The van der Waals surface area contributed by atoms with Crippen LogP contribution in [0.5, 0.6) is 0 Å². The van der Waals surface area contributed by atoms with E-state index in [2.05, 4.69) is 10.6 Å². The van der Waals surface area contributed by atoms with Crippen LogP contribution in [-0.4, -0.2) is 34.9 Å². The fourth-order valence-electron chi connectivity index (χ4n) is 1.72. The topological polar surface area (TPSA) is 67.4 Å². The molecule has 2 N–H and O–H groups in total. The maximum atomic E-state index is 12.4. The maximum absolute atomic E-state index is 12.4. The number of rotatable bonds is 6. The standard InChI is InChI=1S/C16H21F3N2O3S/c1-15(2,3)24-14(23)21-12(10-25-16(17,18)19)13(22)20-9-11-7-5-4-6-8-11/h4-8,12H,9-10H2,1-3H3,(H,20,22)(H,21,23)/t12-/m0/s1. The number of hydrogen-bond acceptors (Lipinski definition) is 4. The molecule has 5 nitrogen and oxygen atoms in total. The SMILES string of the molecule is CC(C)(C)OC(=O)N[C@@H](CSC(F)(F)F)C(=O)NCc1ccccc1. The van der Waals surface area contributed by atoms with Crippen molar-refractivity contribution in [1.29, 1.82) is 0 Å². The highest BCUT2D eigenvalue weighted by molar-refractivity contribution is 8.00. The molecule has 0 saturated heterocycles. The normalized spacial score (nSPS) is 13.0. The summed E-state index contributed by atoms with van der Waals surface area (Å²) >= 11 is -0.379. The van der Waals surface area contributed by atoms with Gasteiger partial charge in [0, 0.05) is 12.3 Å². The van der Waals surface area contributed by atoms with E-state index >= 15 is 0 Å². The predicted molar refractivity (Wildman–Crippen MR) is 90.0 cm³/mol. The molecule has 1 atom stereocenters. The van der Waals surface area contributed by atoms with Crippen LogP contribution in [0.25, 0.3) is 0 Å². The second-order valence-electron chi connectivity index (χ2n) is 6.16. The van der Waals surface area contributed by atoms with E-state index < -0.39 is 34.9 Å². The fourth-order valence-corrected chi connectivity index (χ4v) is 2.31. The van der Waals surface area contributed by atoms with Crippen LogP contribution < -0.4 is 10.6 Å². The van der Waals surface area contributed by atoms with Crippen molar-refractivity contribution in [1.82, 2.24) is 10.6 Å². The first-order valence-electron chi connectivity index (χ1n) is 7.48. The van der Waals surface area contributed by atoms with E-state index in [9.17, 15) is 22.8 Å². The van der Waals surface area contributed by atoms with Crippen molar-refractivity contribution in [2.45, 2.75) is 44.5 Å². The van der Waals surface area contributed by atoms with Crippen LogP contribution in [0.2, 0.25) is 0 Å². The van der Waals surface area contributed by atoms with Gasteiger partial charge in [0.2, 0.25) is 5.91 Å². The van der Waals surface area contributed by atoms with Crippen LogP contribution in [0, 0.1) is 0 Å². The Hall–Kier alpha value is -1.90. The smallest absolute Gasteiger partial charge is 0.441 e. The Kier molecular flexibility index (Phi) is 7.60. The molecular formula is C16H21F3N2O3S. The van der Waals surface area contributed by atoms with Crippen molar-refractivity contribution >= 4 is 23.8 Å². The molecule has 25 heavy (non-hydrogen) atoms. The average molecular weight is 378 g/mol. The zero-order chi connectivity index (χ0) is 19.1. The molecule has 0 aliphatic rings. The fraction of sp³-hybridized carbons (Fsp3) is 0.500. The maximum Gasteiger partial charge on any atom is 0.441 e. The number of benzene rings is 1. The Morgan fingerprint density at radius 1 is 1.16 bits per heavy atom. The zero-order valence-electron chi connectivity index (χ0n) is 14.1. The molecule has 1 aromatic rings. The Labute approximate surface area is 148 Å². The first-order chi connectivity index (χ1) is 11.5. The summed E-state index contributed by atoms with van der Waals surface area (Å²) in [5.74, 6) is -1.37. The first-order valence-corrected chi connectivity index (χ1v) is 8.47. The first kappa shape index (κ1) is 21.1. The van der Waals surface area contributed by atoms with Crippen LogP contribution in [0.15, 0.2) is 30.3 Å². The van der Waals surface area contributed by atoms with Gasteiger partial charge in [-0.25, -0.2) is 4.79 Å². The van der Waals surface area contributed by atoms with Gasteiger partial charge in [0.05, 0.1) is 0 Å². The number of amides is 2. The number of carbonyl (C=O) groups is 2. The highest BCUT2D eigenvalue weighted by Crippen LogP contribution is 2.30. The summed E-state index contributed by atoms with van der Waals surface area (Å²) in [6.07, 6.45) is -0.949. The number of thioether (sulfide) groups is 1. The lowest BCUT2D eigenvalue weighted by molar-refractivity contribution is -0.122. The predicted octanol–water partition coefficient (Wildman–Crippen LogP) is 3.45. The quantitative estimate of drug-likeness (QED) is 0.796. The monoisotopic (exact) mass is 378 g/mol. The lowest BCUT2D eigenvalue weighted by Gasteiger charge is -2.23. The van der Waals surface area contributed by atoms with E-state index in [-0.39, 0.29) is 18.3 Å². The van der Waals surface area contributed by atoms with Gasteiger partial charge >= 0.3 is 11.6 Å². The molecule has 0 unspecified atom stereocenters. The van der Waals surface area contributed by atoms with E-state index in [4.69, 9.17) is 4.74 Å². The van der Waals surface area contributed by atoms with Gasteiger partial charge in [-0.2, -0.15) is 13.2 Å². The summed E-state index contributed by atoms with van der Waals surface area (Å²) in [5, 5.41) is 4.70. The highest BCUT2D eigenvalue weighted by Gasteiger charge is 2.33.